The minimum atomic E-state index is -3.47. The molecule has 0 saturated carbocycles. The van der Waals surface area contributed by atoms with E-state index in [-0.39, 0.29) is 0 Å². The lowest BCUT2D eigenvalue weighted by molar-refractivity contribution is 0.138. The smallest absolute Gasteiger partial charge is 0.244 e. The van der Waals surface area contributed by atoms with Crippen LogP contribution in [0, 0.1) is 0 Å². The van der Waals surface area contributed by atoms with Crippen molar-refractivity contribution >= 4 is 37.3 Å². The number of hydrogen-bond acceptors (Lipinski definition) is 5. The van der Waals surface area contributed by atoms with Crippen LogP contribution in [-0.4, -0.2) is 46.1 Å². The number of sulfonamides is 1. The number of halogens is 1. The van der Waals surface area contributed by atoms with Crippen LogP contribution in [0.2, 0.25) is 0 Å². The number of nitrogens with zero attached hydrogens (tertiary/aromatic N) is 1. The third-order valence-corrected chi connectivity index (χ3v) is 6.98. The molecule has 0 spiro atoms. The Bertz CT molecular complexity index is 532. The van der Waals surface area contributed by atoms with Crippen LogP contribution in [0.5, 0.6) is 0 Å². The average molecular weight is 399 g/mol. The molecule has 0 aliphatic rings. The van der Waals surface area contributed by atoms with Gasteiger partial charge in [0.15, 0.2) is 0 Å². The van der Waals surface area contributed by atoms with Crippen LogP contribution in [0.4, 0.5) is 0 Å². The molecule has 1 aromatic rings. The van der Waals surface area contributed by atoms with E-state index >= 15 is 0 Å². The first-order valence-electron chi connectivity index (χ1n) is 6.96. The van der Waals surface area contributed by atoms with Crippen molar-refractivity contribution in [2.45, 2.75) is 31.7 Å². The first kappa shape index (κ1) is 19.1. The van der Waals surface area contributed by atoms with Gasteiger partial charge in [0.25, 0.3) is 0 Å². The van der Waals surface area contributed by atoms with Gasteiger partial charge in [-0.3, -0.25) is 0 Å². The zero-order valence-electron chi connectivity index (χ0n) is 12.7. The van der Waals surface area contributed by atoms with Gasteiger partial charge < -0.3 is 10.1 Å². The summed E-state index contributed by atoms with van der Waals surface area (Å²) in [4.78, 5) is 1.34. The quantitative estimate of drug-likeness (QED) is 0.615. The minimum Gasteiger partial charge on any atom is -0.380 e. The molecular weight excluding hydrogens is 376 g/mol. The molecule has 1 aromatic heterocycles. The molecule has 0 radical (unpaired) electrons. The highest BCUT2D eigenvalue weighted by Crippen LogP contribution is 2.33. The van der Waals surface area contributed by atoms with E-state index in [2.05, 4.69) is 28.2 Å². The Morgan fingerprint density at radius 3 is 2.76 bits per heavy atom. The van der Waals surface area contributed by atoms with Gasteiger partial charge in [-0.15, -0.1) is 11.3 Å². The van der Waals surface area contributed by atoms with E-state index in [9.17, 15) is 8.42 Å². The second kappa shape index (κ2) is 9.22. The minimum absolute atomic E-state index is 0.333. The molecule has 5 nitrogen and oxygen atoms in total. The maximum Gasteiger partial charge on any atom is 0.244 e. The molecule has 21 heavy (non-hydrogen) atoms. The van der Waals surface area contributed by atoms with Gasteiger partial charge in [-0.05, 0) is 41.9 Å². The summed E-state index contributed by atoms with van der Waals surface area (Å²) in [5, 5.41) is 3.28. The van der Waals surface area contributed by atoms with Crippen LogP contribution in [0.1, 0.15) is 25.1 Å². The first-order valence-corrected chi connectivity index (χ1v) is 10.0. The van der Waals surface area contributed by atoms with E-state index in [0.29, 0.717) is 35.0 Å². The van der Waals surface area contributed by atoms with Crippen molar-refractivity contribution in [3.63, 3.8) is 0 Å². The third-order valence-electron chi connectivity index (χ3n) is 2.88. The van der Waals surface area contributed by atoms with Gasteiger partial charge in [-0.25, -0.2) is 8.42 Å². The van der Waals surface area contributed by atoms with Crippen LogP contribution in [0.3, 0.4) is 0 Å². The maximum atomic E-state index is 12.5. The normalized spacial score (nSPS) is 12.2. The number of ether oxygens (including phenoxy) is 1. The molecule has 0 aliphatic carbocycles. The van der Waals surface area contributed by atoms with E-state index in [1.165, 1.54) is 15.6 Å². The fraction of sp³-hybridized carbons (Fsp3) is 0.692. The number of hydrogen-bond donors (Lipinski definition) is 1. The molecule has 0 bridgehead atoms. The molecule has 0 saturated heterocycles. The standard InChI is InChI=1S/C13H23BrN2O3S2/c1-4-6-15-10-11-9-12(13(14)20-11)21(17,18)16(3)7-8-19-5-2/h9,15H,4-8,10H2,1-3H3. The summed E-state index contributed by atoms with van der Waals surface area (Å²) in [6, 6.07) is 1.74. The van der Waals surface area contributed by atoms with Gasteiger partial charge in [0, 0.05) is 31.6 Å². The predicted octanol–water partition coefficient (Wildman–Crippen LogP) is 2.67. The number of likely N-dealkylation sites (N-methyl/N-ethyl adjacent to an activating group) is 1. The van der Waals surface area contributed by atoms with Crippen LogP contribution in [0.15, 0.2) is 14.7 Å². The van der Waals surface area contributed by atoms with Gasteiger partial charge in [0.2, 0.25) is 10.0 Å². The Morgan fingerprint density at radius 2 is 2.14 bits per heavy atom. The van der Waals surface area contributed by atoms with Crippen molar-refractivity contribution in [3.8, 4) is 0 Å². The molecular formula is C13H23BrN2O3S2. The second-order valence-electron chi connectivity index (χ2n) is 4.55. The summed E-state index contributed by atoms with van der Waals surface area (Å²) >= 11 is 4.82. The Balaban J connectivity index is 2.78. The number of rotatable bonds is 10. The highest BCUT2D eigenvalue weighted by molar-refractivity contribution is 9.11. The summed E-state index contributed by atoms with van der Waals surface area (Å²) in [6.07, 6.45) is 1.05. The SMILES string of the molecule is CCCNCc1cc(S(=O)(=O)N(C)CCOCC)c(Br)s1. The Morgan fingerprint density at radius 1 is 1.43 bits per heavy atom. The van der Waals surface area contributed by atoms with Crippen LogP contribution in [0.25, 0.3) is 0 Å². The molecule has 122 valence electrons. The van der Waals surface area contributed by atoms with Crippen LogP contribution in [-0.2, 0) is 21.3 Å². The lowest BCUT2D eigenvalue weighted by atomic mass is 10.4. The fourth-order valence-corrected chi connectivity index (χ4v) is 5.43. The first-order chi connectivity index (χ1) is 9.93. The summed E-state index contributed by atoms with van der Waals surface area (Å²) < 4.78 is 32.2. The van der Waals surface area contributed by atoms with Crippen molar-refractivity contribution < 1.29 is 13.2 Å². The van der Waals surface area contributed by atoms with Gasteiger partial charge in [0.1, 0.15) is 4.90 Å². The third kappa shape index (κ3) is 5.61. The highest BCUT2D eigenvalue weighted by Gasteiger charge is 2.25. The van der Waals surface area contributed by atoms with Gasteiger partial charge in [0.05, 0.1) is 10.4 Å². The number of thiophene rings is 1. The molecule has 1 rings (SSSR count). The topological polar surface area (TPSA) is 58.6 Å². The molecule has 1 N–H and O–H groups in total. The Labute approximate surface area is 139 Å². The van der Waals surface area contributed by atoms with Crippen molar-refractivity contribution in [1.29, 1.82) is 0 Å². The number of nitrogens with one attached hydrogen (secondary N) is 1. The summed E-state index contributed by atoms with van der Waals surface area (Å²) in [7, 11) is -1.89. The van der Waals surface area contributed by atoms with E-state index in [0.717, 1.165) is 17.8 Å². The van der Waals surface area contributed by atoms with Gasteiger partial charge in [-0.2, -0.15) is 4.31 Å². The summed E-state index contributed by atoms with van der Waals surface area (Å²) in [5.74, 6) is 0. The van der Waals surface area contributed by atoms with Gasteiger partial charge in [-0.1, -0.05) is 6.92 Å². The van der Waals surface area contributed by atoms with Crippen molar-refractivity contribution in [1.82, 2.24) is 9.62 Å². The van der Waals surface area contributed by atoms with E-state index in [1.54, 1.807) is 13.1 Å². The molecule has 8 heteroatoms. The summed E-state index contributed by atoms with van der Waals surface area (Å²) in [6.45, 7) is 6.94. The molecule has 0 unspecified atom stereocenters. The zero-order valence-corrected chi connectivity index (χ0v) is 15.9. The van der Waals surface area contributed by atoms with E-state index < -0.39 is 10.0 Å². The van der Waals surface area contributed by atoms with E-state index in [4.69, 9.17) is 4.74 Å². The molecule has 0 aromatic carbocycles. The lowest BCUT2D eigenvalue weighted by Gasteiger charge is -2.16. The molecule has 0 amide bonds. The van der Waals surface area contributed by atoms with Crippen molar-refractivity contribution in [3.05, 3.63) is 14.7 Å². The maximum absolute atomic E-state index is 12.5. The second-order valence-corrected chi connectivity index (χ2v) is 9.02. The van der Waals surface area contributed by atoms with Crippen molar-refractivity contribution in [2.75, 3.05) is 33.4 Å². The predicted molar refractivity (Wildman–Crippen MR) is 90.3 cm³/mol. The van der Waals surface area contributed by atoms with Crippen LogP contribution < -0.4 is 5.32 Å². The highest BCUT2D eigenvalue weighted by atomic mass is 79.9. The molecule has 0 aliphatic heterocycles. The van der Waals surface area contributed by atoms with Gasteiger partial charge >= 0.3 is 0 Å². The van der Waals surface area contributed by atoms with E-state index in [1.807, 2.05) is 6.92 Å². The largest absolute Gasteiger partial charge is 0.380 e. The van der Waals surface area contributed by atoms with Crippen LogP contribution >= 0.6 is 27.3 Å². The van der Waals surface area contributed by atoms with Crippen molar-refractivity contribution in [2.24, 2.45) is 0 Å². The average Bonchev–Trinajstić information content (AvgIpc) is 2.81. The summed E-state index contributed by atoms with van der Waals surface area (Å²) in [5.41, 5.74) is 0. The Kier molecular flexibility index (Phi) is 8.36. The Hall–Kier alpha value is 0.01000. The lowest BCUT2D eigenvalue weighted by Crippen LogP contribution is -2.30. The molecule has 0 atom stereocenters. The monoisotopic (exact) mass is 398 g/mol. The molecule has 0 fully saturated rings. The zero-order chi connectivity index (χ0) is 15.9. The molecule has 1 heterocycles. The fourth-order valence-electron chi connectivity index (χ4n) is 1.67.